The van der Waals surface area contributed by atoms with Gasteiger partial charge in [-0.05, 0) is 62.1 Å². The smallest absolute Gasteiger partial charge is 0.407 e. The van der Waals surface area contributed by atoms with Crippen LogP contribution in [-0.2, 0) is 4.74 Å². The van der Waals surface area contributed by atoms with Crippen molar-refractivity contribution in [1.82, 2.24) is 35.4 Å². The molecule has 11 nitrogen and oxygen atoms in total. The van der Waals surface area contributed by atoms with E-state index in [1.54, 1.807) is 17.2 Å². The SMILES string of the molecule is O=C1N[C@]2(CF)CCN(C2)c2nc(OC[C@@]34CCCN3C[C@H](F)C4)nc3c(F)c(ncc23)-c2c(c(Cl)cc3[nH]ncc23)C2CC2CCO1. The molecule has 15 heteroatoms. The zero-order chi connectivity index (χ0) is 32.8. The number of amides is 1. The first kappa shape index (κ1) is 30.2. The molecule has 8 heterocycles. The number of anilines is 1. The van der Waals surface area contributed by atoms with Gasteiger partial charge in [-0.1, -0.05) is 11.6 Å². The van der Waals surface area contributed by atoms with Gasteiger partial charge in [0.05, 0.1) is 34.8 Å². The highest BCUT2D eigenvalue weighted by Crippen LogP contribution is 2.56. The summed E-state index contributed by atoms with van der Waals surface area (Å²) in [7, 11) is 0. The molecule has 0 spiro atoms. The van der Waals surface area contributed by atoms with E-state index in [0.29, 0.717) is 58.6 Å². The maximum atomic E-state index is 17.1. The fraction of sp³-hybridized carbons (Fsp3) is 0.545. The molecule has 1 saturated carbocycles. The molecule has 2 unspecified atom stereocenters. The van der Waals surface area contributed by atoms with Crippen LogP contribution in [-0.4, -0.2) is 99.5 Å². The number of hydrogen-bond donors (Lipinski definition) is 2. The van der Waals surface area contributed by atoms with Crippen molar-refractivity contribution >= 4 is 45.3 Å². The van der Waals surface area contributed by atoms with Crippen LogP contribution in [0.15, 0.2) is 18.5 Å². The highest BCUT2D eigenvalue weighted by atomic mass is 35.5. The summed E-state index contributed by atoms with van der Waals surface area (Å²) >= 11 is 6.89. The van der Waals surface area contributed by atoms with Crippen LogP contribution < -0.4 is 15.0 Å². The third-order valence-corrected chi connectivity index (χ3v) is 11.5. The van der Waals surface area contributed by atoms with Crippen molar-refractivity contribution in [2.45, 2.75) is 61.7 Å². The zero-order valence-electron chi connectivity index (χ0n) is 26.1. The Kier molecular flexibility index (Phi) is 6.95. The number of rotatable bonds is 4. The van der Waals surface area contributed by atoms with Crippen LogP contribution in [0.25, 0.3) is 33.1 Å². The quantitative estimate of drug-likeness (QED) is 0.289. The van der Waals surface area contributed by atoms with Crippen LogP contribution in [0, 0.1) is 11.7 Å². The second kappa shape index (κ2) is 11.1. The fourth-order valence-corrected chi connectivity index (χ4v) is 8.96. The summed E-state index contributed by atoms with van der Waals surface area (Å²) < 4.78 is 58.1. The van der Waals surface area contributed by atoms with Crippen LogP contribution in [0.2, 0.25) is 5.02 Å². The Labute approximate surface area is 278 Å². The van der Waals surface area contributed by atoms with E-state index in [2.05, 4.69) is 30.4 Å². The number of nitrogens with one attached hydrogen (secondary N) is 2. The number of carbonyl (C=O) groups excluding carboxylic acids is 1. The highest BCUT2D eigenvalue weighted by molar-refractivity contribution is 6.33. The molecule has 5 aliphatic heterocycles. The number of fused-ring (bicyclic) bond motifs is 7. The van der Waals surface area contributed by atoms with Gasteiger partial charge in [-0.2, -0.15) is 15.1 Å². The summed E-state index contributed by atoms with van der Waals surface area (Å²) in [6.07, 6.45) is 5.21. The van der Waals surface area contributed by atoms with Gasteiger partial charge >= 0.3 is 12.1 Å². The number of aromatic nitrogens is 5. The molecule has 1 aromatic carbocycles. The molecular weight excluding hydrogens is 649 g/mol. The van der Waals surface area contributed by atoms with E-state index in [1.165, 1.54) is 6.20 Å². The molecular formula is C33H34ClF3N8O3. The number of ether oxygens (including phenoxy) is 2. The highest BCUT2D eigenvalue weighted by Gasteiger charge is 2.50. The lowest BCUT2D eigenvalue weighted by Crippen LogP contribution is -2.52. The molecule has 5 atom stereocenters. The average Bonchev–Trinajstić information content (AvgIpc) is 3.42. The Morgan fingerprint density at radius 1 is 1.19 bits per heavy atom. The van der Waals surface area contributed by atoms with Gasteiger partial charge in [0.15, 0.2) is 5.82 Å². The van der Waals surface area contributed by atoms with Crippen molar-refractivity contribution in [3.05, 3.63) is 34.9 Å². The van der Waals surface area contributed by atoms with Gasteiger partial charge in [0.1, 0.15) is 36.5 Å². The Balaban J connectivity index is 1.21. The summed E-state index contributed by atoms with van der Waals surface area (Å²) in [5.41, 5.74) is 0.275. The molecule has 4 fully saturated rings. The first-order chi connectivity index (χ1) is 23.3. The van der Waals surface area contributed by atoms with Crippen molar-refractivity contribution < 1.29 is 27.4 Å². The summed E-state index contributed by atoms with van der Waals surface area (Å²) in [6, 6.07) is 1.72. The van der Waals surface area contributed by atoms with Crippen LogP contribution in [0.3, 0.4) is 0 Å². The lowest BCUT2D eigenvalue weighted by molar-refractivity contribution is 0.107. The molecule has 0 radical (unpaired) electrons. The predicted molar refractivity (Wildman–Crippen MR) is 171 cm³/mol. The van der Waals surface area contributed by atoms with Gasteiger partial charge in [-0.15, -0.1) is 0 Å². The van der Waals surface area contributed by atoms with Crippen molar-refractivity contribution in [2.24, 2.45) is 5.92 Å². The van der Waals surface area contributed by atoms with Crippen LogP contribution in [0.4, 0.5) is 23.8 Å². The van der Waals surface area contributed by atoms with Gasteiger partial charge in [-0.25, -0.2) is 18.0 Å². The molecule has 2 N–H and O–H groups in total. The van der Waals surface area contributed by atoms with Crippen LogP contribution >= 0.6 is 11.6 Å². The maximum absolute atomic E-state index is 17.1. The van der Waals surface area contributed by atoms with E-state index in [1.807, 2.05) is 0 Å². The third kappa shape index (κ3) is 4.77. The second-order valence-corrected chi connectivity index (χ2v) is 14.5. The number of pyridine rings is 1. The largest absolute Gasteiger partial charge is 0.461 e. The number of H-pyrrole nitrogens is 1. The Hall–Kier alpha value is -3.91. The lowest BCUT2D eigenvalue weighted by atomic mass is 9.94. The normalized spacial score (nSPS) is 30.0. The van der Waals surface area contributed by atoms with E-state index < -0.39 is 35.8 Å². The molecule has 6 bridgehead atoms. The molecule has 3 aromatic heterocycles. The van der Waals surface area contributed by atoms with Crippen LogP contribution in [0.1, 0.15) is 50.0 Å². The van der Waals surface area contributed by atoms with Gasteiger partial charge < -0.3 is 19.7 Å². The minimum absolute atomic E-state index is 0.0140. The average molecular weight is 683 g/mol. The fourth-order valence-electron chi connectivity index (χ4n) is 8.61. The first-order valence-corrected chi connectivity index (χ1v) is 16.9. The number of carbonyl (C=O) groups is 1. The number of hydrogen-bond acceptors (Lipinski definition) is 9. The van der Waals surface area contributed by atoms with Crippen molar-refractivity contribution in [2.75, 3.05) is 51.0 Å². The second-order valence-electron chi connectivity index (χ2n) is 14.1. The minimum atomic E-state index is -1.22. The van der Waals surface area contributed by atoms with Crippen LogP contribution in [0.5, 0.6) is 6.01 Å². The monoisotopic (exact) mass is 682 g/mol. The number of halogens is 4. The summed E-state index contributed by atoms with van der Waals surface area (Å²) in [6.45, 7) is 0.997. The molecule has 6 aliphatic rings. The first-order valence-electron chi connectivity index (χ1n) is 16.6. The molecule has 3 saturated heterocycles. The van der Waals surface area contributed by atoms with Gasteiger partial charge in [-0.3, -0.25) is 15.0 Å². The van der Waals surface area contributed by atoms with Gasteiger partial charge in [0.25, 0.3) is 0 Å². The Morgan fingerprint density at radius 2 is 2.08 bits per heavy atom. The number of alkyl carbamates (subject to hydrolysis) is 1. The number of aromatic amines is 1. The number of nitrogens with zero attached hydrogens (tertiary/aromatic N) is 6. The molecule has 4 aromatic rings. The van der Waals surface area contributed by atoms with Crippen molar-refractivity contribution in [1.29, 1.82) is 0 Å². The van der Waals surface area contributed by atoms with E-state index in [-0.39, 0.29) is 55.2 Å². The zero-order valence-corrected chi connectivity index (χ0v) is 26.8. The van der Waals surface area contributed by atoms with E-state index >= 15 is 4.39 Å². The summed E-state index contributed by atoms with van der Waals surface area (Å²) in [5, 5.41) is 11.3. The van der Waals surface area contributed by atoms with Crippen molar-refractivity contribution in [3.63, 3.8) is 0 Å². The predicted octanol–water partition coefficient (Wildman–Crippen LogP) is 5.47. The Bertz CT molecular complexity index is 1960. The third-order valence-electron chi connectivity index (χ3n) is 11.1. The molecule has 10 rings (SSSR count). The topological polar surface area (TPSA) is 121 Å². The van der Waals surface area contributed by atoms with E-state index in [4.69, 9.17) is 26.1 Å². The van der Waals surface area contributed by atoms with E-state index in [0.717, 1.165) is 31.4 Å². The number of benzene rings is 1. The molecule has 252 valence electrons. The molecule has 48 heavy (non-hydrogen) atoms. The van der Waals surface area contributed by atoms with Gasteiger partial charge in [0.2, 0.25) is 0 Å². The standard InChI is InChI=1S/C33H34ClF3N8O3/c34-22-9-23-20(12-39-43-23)25-24(22)19-8-17(19)2-7-47-31(46)42-32(14-35)4-6-44(15-32)29-21-11-38-28(25)26(37)27(21)40-30(41-29)48-16-33-3-1-5-45(33)13-18(36)10-33/h9,11-12,17-19H,1-8,10,13-16H2,(H,39,43)(H,42,46)/t17?,18-,19?,32+,33+/m1/s1. The van der Waals surface area contributed by atoms with Crippen molar-refractivity contribution in [3.8, 4) is 17.3 Å². The summed E-state index contributed by atoms with van der Waals surface area (Å²) in [4.78, 5) is 30.8. The van der Waals surface area contributed by atoms with Gasteiger partial charge in [0, 0.05) is 48.2 Å². The minimum Gasteiger partial charge on any atom is -0.461 e. The molecule has 1 amide bonds. The number of alkyl halides is 2. The lowest BCUT2D eigenvalue weighted by Gasteiger charge is -2.31. The summed E-state index contributed by atoms with van der Waals surface area (Å²) in [5.74, 6) is -0.256. The Morgan fingerprint density at radius 3 is 2.96 bits per heavy atom. The molecule has 1 aliphatic carbocycles. The maximum Gasteiger partial charge on any atom is 0.407 e. The van der Waals surface area contributed by atoms with E-state index in [9.17, 15) is 13.6 Å².